The molecule has 1 aliphatic rings. The van der Waals surface area contributed by atoms with Crippen LogP contribution in [0.2, 0.25) is 0 Å². The first kappa shape index (κ1) is 15.0. The van der Waals surface area contributed by atoms with Gasteiger partial charge in [0.25, 0.3) is 0 Å². The van der Waals surface area contributed by atoms with Crippen molar-refractivity contribution >= 4 is 17.4 Å². The largest absolute Gasteiger partial charge is 0.493 e. The maximum Gasteiger partial charge on any atom is 0.238 e. The highest BCUT2D eigenvalue weighted by atomic mass is 16.5. The number of hydrogen-bond donors (Lipinski definition) is 3. The van der Waals surface area contributed by atoms with Crippen LogP contribution in [0.5, 0.6) is 11.5 Å². The fourth-order valence-electron chi connectivity index (χ4n) is 2.39. The minimum Gasteiger partial charge on any atom is -0.493 e. The third-order valence-corrected chi connectivity index (χ3v) is 3.88. The van der Waals surface area contributed by atoms with Gasteiger partial charge < -0.3 is 25.7 Å². The van der Waals surface area contributed by atoms with Gasteiger partial charge in [-0.15, -0.1) is 0 Å². The van der Waals surface area contributed by atoms with Gasteiger partial charge in [0.2, 0.25) is 5.91 Å². The van der Waals surface area contributed by atoms with Gasteiger partial charge in [0.15, 0.2) is 17.3 Å². The molecule has 1 aromatic rings. The average Bonchev–Trinajstić information content (AvgIpc) is 2.45. The number of rotatable bonds is 5. The number of methoxy groups -OCH3 is 2. The molecule has 0 spiro atoms. The number of amides is 1. The lowest BCUT2D eigenvalue weighted by molar-refractivity contribution is -0.125. The summed E-state index contributed by atoms with van der Waals surface area (Å²) in [5.74, 6) is 0.759. The van der Waals surface area contributed by atoms with Crippen molar-refractivity contribution in [2.75, 3.05) is 19.5 Å². The van der Waals surface area contributed by atoms with Gasteiger partial charge >= 0.3 is 0 Å². The number of nitrogens with zero attached hydrogens (tertiary/aromatic N) is 1. The first-order valence-corrected chi connectivity index (χ1v) is 6.59. The van der Waals surface area contributed by atoms with E-state index in [2.05, 4.69) is 10.5 Å². The Morgan fingerprint density at radius 3 is 2.48 bits per heavy atom. The summed E-state index contributed by atoms with van der Waals surface area (Å²) in [7, 11) is 3.06. The normalized spacial score (nSPS) is 16.8. The van der Waals surface area contributed by atoms with Crippen LogP contribution in [0, 0.1) is 5.41 Å². The van der Waals surface area contributed by atoms with Crippen molar-refractivity contribution < 1.29 is 19.5 Å². The molecule has 7 heteroatoms. The zero-order valence-corrected chi connectivity index (χ0v) is 12.0. The van der Waals surface area contributed by atoms with Crippen molar-refractivity contribution in [3.8, 4) is 11.5 Å². The van der Waals surface area contributed by atoms with Crippen molar-refractivity contribution in [3.63, 3.8) is 0 Å². The van der Waals surface area contributed by atoms with Crippen LogP contribution in [-0.4, -0.2) is 31.2 Å². The molecule has 0 bridgehead atoms. The Morgan fingerprint density at radius 1 is 1.33 bits per heavy atom. The Bertz CT molecular complexity index is 567. The average molecular weight is 293 g/mol. The standard InChI is InChI=1S/C14H19N3O4/c1-20-10-5-4-9(8-11(10)21-2)16-13(18)14(6-3-7-14)12(15)17-19/h4-5,8,19H,3,6-7H2,1-2H3,(H2,15,17)(H,16,18). The maximum absolute atomic E-state index is 12.4. The third-order valence-electron chi connectivity index (χ3n) is 3.88. The molecule has 0 radical (unpaired) electrons. The Morgan fingerprint density at radius 2 is 2.00 bits per heavy atom. The molecule has 0 atom stereocenters. The summed E-state index contributed by atoms with van der Waals surface area (Å²) >= 11 is 0. The third kappa shape index (κ3) is 2.58. The predicted molar refractivity (Wildman–Crippen MR) is 77.9 cm³/mol. The second kappa shape index (κ2) is 5.90. The summed E-state index contributed by atoms with van der Waals surface area (Å²) in [6, 6.07) is 5.07. The number of nitrogens with two attached hydrogens (primary N) is 1. The first-order chi connectivity index (χ1) is 10.1. The molecule has 4 N–H and O–H groups in total. The monoisotopic (exact) mass is 293 g/mol. The van der Waals surface area contributed by atoms with Crippen LogP contribution in [0.3, 0.4) is 0 Å². The summed E-state index contributed by atoms with van der Waals surface area (Å²) in [6.07, 6.45) is 2.01. The fraction of sp³-hybridized carbons (Fsp3) is 0.429. The zero-order valence-electron chi connectivity index (χ0n) is 12.0. The minimum absolute atomic E-state index is 0.0493. The van der Waals surface area contributed by atoms with E-state index >= 15 is 0 Å². The summed E-state index contributed by atoms with van der Waals surface area (Å²) in [5, 5.41) is 14.6. The number of amidine groups is 1. The van der Waals surface area contributed by atoms with Crippen molar-refractivity contribution in [2.45, 2.75) is 19.3 Å². The molecule has 1 saturated carbocycles. The van der Waals surface area contributed by atoms with Crippen LogP contribution in [0.15, 0.2) is 23.4 Å². The number of carbonyl (C=O) groups excluding carboxylic acids is 1. The van der Waals surface area contributed by atoms with Crippen molar-refractivity contribution in [1.82, 2.24) is 0 Å². The highest BCUT2D eigenvalue weighted by Crippen LogP contribution is 2.42. The zero-order chi connectivity index (χ0) is 15.5. The van der Waals surface area contributed by atoms with Crippen LogP contribution in [0.1, 0.15) is 19.3 Å². The van der Waals surface area contributed by atoms with E-state index < -0.39 is 5.41 Å². The van der Waals surface area contributed by atoms with E-state index in [-0.39, 0.29) is 11.7 Å². The van der Waals surface area contributed by atoms with Gasteiger partial charge in [-0.05, 0) is 25.0 Å². The molecule has 0 unspecified atom stereocenters. The van der Waals surface area contributed by atoms with Gasteiger partial charge in [-0.3, -0.25) is 4.79 Å². The number of carbonyl (C=O) groups is 1. The van der Waals surface area contributed by atoms with E-state index in [9.17, 15) is 4.79 Å². The van der Waals surface area contributed by atoms with Gasteiger partial charge in [0.1, 0.15) is 5.41 Å². The quantitative estimate of drug-likeness (QED) is 0.330. The molecule has 1 aliphatic carbocycles. The smallest absolute Gasteiger partial charge is 0.238 e. The number of nitrogens with one attached hydrogen (secondary N) is 1. The Balaban J connectivity index is 2.20. The number of hydrogen-bond acceptors (Lipinski definition) is 5. The predicted octanol–water partition coefficient (Wildman–Crippen LogP) is 1.56. The molecule has 7 nitrogen and oxygen atoms in total. The number of anilines is 1. The second-order valence-corrected chi connectivity index (χ2v) is 4.94. The van der Waals surface area contributed by atoms with Crippen molar-refractivity contribution in [3.05, 3.63) is 18.2 Å². The van der Waals surface area contributed by atoms with Crippen LogP contribution in [-0.2, 0) is 4.79 Å². The molecular formula is C14H19N3O4. The van der Waals surface area contributed by atoms with Gasteiger partial charge in [-0.1, -0.05) is 11.6 Å². The Labute approximate surface area is 122 Å². The molecule has 114 valence electrons. The van der Waals surface area contributed by atoms with Crippen LogP contribution in [0.25, 0.3) is 0 Å². The lowest BCUT2D eigenvalue weighted by Crippen LogP contribution is -2.51. The molecule has 0 heterocycles. The molecule has 21 heavy (non-hydrogen) atoms. The van der Waals surface area contributed by atoms with E-state index in [1.165, 1.54) is 14.2 Å². The maximum atomic E-state index is 12.4. The molecule has 0 aromatic heterocycles. The summed E-state index contributed by atoms with van der Waals surface area (Å²) in [5.41, 5.74) is 5.31. The molecular weight excluding hydrogens is 274 g/mol. The lowest BCUT2D eigenvalue weighted by Gasteiger charge is -2.38. The van der Waals surface area contributed by atoms with Crippen LogP contribution in [0.4, 0.5) is 5.69 Å². The summed E-state index contributed by atoms with van der Waals surface area (Å²) in [6.45, 7) is 0. The van der Waals surface area contributed by atoms with E-state index in [0.29, 0.717) is 30.0 Å². The number of oxime groups is 1. The van der Waals surface area contributed by atoms with Crippen LogP contribution < -0.4 is 20.5 Å². The van der Waals surface area contributed by atoms with Gasteiger partial charge in [0, 0.05) is 11.8 Å². The topological polar surface area (TPSA) is 106 Å². The SMILES string of the molecule is COc1ccc(NC(=O)C2(/C(N)=N/O)CCC2)cc1OC. The van der Waals surface area contributed by atoms with Gasteiger partial charge in [0.05, 0.1) is 14.2 Å². The van der Waals surface area contributed by atoms with E-state index in [1.807, 2.05) is 0 Å². The summed E-state index contributed by atoms with van der Waals surface area (Å²) < 4.78 is 10.3. The fourth-order valence-corrected chi connectivity index (χ4v) is 2.39. The lowest BCUT2D eigenvalue weighted by atomic mass is 9.67. The number of ether oxygens (including phenoxy) is 2. The van der Waals surface area contributed by atoms with E-state index in [0.717, 1.165) is 6.42 Å². The second-order valence-electron chi connectivity index (χ2n) is 4.94. The minimum atomic E-state index is -0.915. The summed E-state index contributed by atoms with van der Waals surface area (Å²) in [4.78, 5) is 12.4. The van der Waals surface area contributed by atoms with Crippen molar-refractivity contribution in [1.29, 1.82) is 0 Å². The Hall–Kier alpha value is -2.44. The highest BCUT2D eigenvalue weighted by Gasteiger charge is 2.48. The molecule has 1 amide bonds. The Kier molecular flexibility index (Phi) is 4.21. The first-order valence-electron chi connectivity index (χ1n) is 6.59. The number of benzene rings is 1. The molecule has 1 fully saturated rings. The van der Waals surface area contributed by atoms with E-state index in [1.54, 1.807) is 18.2 Å². The van der Waals surface area contributed by atoms with Gasteiger partial charge in [-0.2, -0.15) is 0 Å². The molecule has 0 saturated heterocycles. The van der Waals surface area contributed by atoms with E-state index in [4.69, 9.17) is 20.4 Å². The molecule has 0 aliphatic heterocycles. The van der Waals surface area contributed by atoms with Crippen LogP contribution >= 0.6 is 0 Å². The highest BCUT2D eigenvalue weighted by molar-refractivity contribution is 6.12. The van der Waals surface area contributed by atoms with Crippen molar-refractivity contribution in [2.24, 2.45) is 16.3 Å². The molecule has 1 aromatic carbocycles. The molecule has 2 rings (SSSR count). The van der Waals surface area contributed by atoms with Gasteiger partial charge in [-0.25, -0.2) is 0 Å².